The highest BCUT2D eigenvalue weighted by Gasteiger charge is 2.24. The zero-order chi connectivity index (χ0) is 10.6. The Morgan fingerprint density at radius 3 is 2.60 bits per heavy atom. The molecule has 0 radical (unpaired) electrons. The van der Waals surface area contributed by atoms with Crippen molar-refractivity contribution in [2.75, 3.05) is 0 Å². The molecule has 2 nitrogen and oxygen atoms in total. The van der Waals surface area contributed by atoms with Crippen LogP contribution in [0.5, 0.6) is 0 Å². The molecule has 2 heterocycles. The monoisotopic (exact) mass is 236 g/mol. The van der Waals surface area contributed by atoms with Crippen LogP contribution >= 0.6 is 0 Å². The number of rotatable bonds is 0. The van der Waals surface area contributed by atoms with Crippen LogP contribution in [0, 0.1) is 0 Å². The molecule has 0 saturated heterocycles. The third-order valence-corrected chi connectivity index (χ3v) is 5.25. The predicted octanol–water partition coefficient (Wildman–Crippen LogP) is 2.26. The van der Waals surface area contributed by atoms with Crippen LogP contribution in [0.3, 0.4) is 0 Å². The molecule has 1 aromatic rings. The lowest BCUT2D eigenvalue weighted by Gasteiger charge is -2.03. The minimum Gasteiger partial charge on any atom is -0.250 e. The van der Waals surface area contributed by atoms with Gasteiger partial charge in [0.2, 0.25) is 0 Å². The molecule has 15 heavy (non-hydrogen) atoms. The summed E-state index contributed by atoms with van der Waals surface area (Å²) in [7, 11) is -2.04. The van der Waals surface area contributed by atoms with Gasteiger partial charge in [-0.2, -0.15) is 0 Å². The summed E-state index contributed by atoms with van der Waals surface area (Å²) in [5.74, 6) is 0. The normalized spacial score (nSPS) is 26.3. The Kier molecular flexibility index (Phi) is 1.85. The molecule has 4 heteroatoms. The summed E-state index contributed by atoms with van der Waals surface area (Å²) in [4.78, 5) is 2.54. The van der Waals surface area contributed by atoms with E-state index in [1.165, 1.54) is 0 Å². The molecule has 2 aliphatic rings. The van der Waals surface area contributed by atoms with Crippen molar-refractivity contribution in [2.24, 2.45) is 0 Å². The number of benzene rings is 1. The van der Waals surface area contributed by atoms with E-state index in [0.717, 1.165) is 25.8 Å². The van der Waals surface area contributed by atoms with Crippen LogP contribution < -0.4 is 0 Å². The first kappa shape index (κ1) is 9.24. The van der Waals surface area contributed by atoms with Gasteiger partial charge in [-0.3, -0.25) is 0 Å². The molecule has 2 aliphatic heterocycles. The number of allylic oxidation sites excluding steroid dienone is 1. The van der Waals surface area contributed by atoms with Crippen LogP contribution in [0.1, 0.15) is 18.1 Å². The average Bonchev–Trinajstić information content (AvgIpc) is 2.72. The molecule has 0 spiro atoms. The fourth-order valence-corrected chi connectivity index (χ4v) is 4.02. The highest BCUT2D eigenvalue weighted by Crippen LogP contribution is 2.37. The summed E-state index contributed by atoms with van der Waals surface area (Å²) >= 11 is 0. The van der Waals surface area contributed by atoms with Crippen molar-refractivity contribution < 1.29 is 8.42 Å². The van der Waals surface area contributed by atoms with Gasteiger partial charge in [0.15, 0.2) is 0 Å². The molecule has 0 aromatic heterocycles. The Hall–Kier alpha value is -1.00. The van der Waals surface area contributed by atoms with E-state index in [1.807, 2.05) is 31.2 Å². The van der Waals surface area contributed by atoms with Gasteiger partial charge in [-0.15, -0.1) is 0 Å². The quantitative estimate of drug-likeness (QED) is 0.692. The minimum atomic E-state index is -1.02. The zero-order valence-electron chi connectivity index (χ0n) is 8.02. The summed E-state index contributed by atoms with van der Waals surface area (Å²) in [6.07, 6.45) is 3.79. The zero-order valence-corrected chi connectivity index (χ0v) is 9.65. The van der Waals surface area contributed by atoms with Crippen molar-refractivity contribution in [3.8, 4) is 0 Å². The van der Waals surface area contributed by atoms with Crippen LogP contribution in [-0.2, 0) is 21.6 Å². The molecule has 0 bridgehead atoms. The Bertz CT molecular complexity index is 582. The number of fused-ring (bicyclic) bond motifs is 3. The lowest BCUT2D eigenvalue weighted by Crippen LogP contribution is -1.92. The van der Waals surface area contributed by atoms with Crippen molar-refractivity contribution in [3.05, 3.63) is 33.6 Å². The highest BCUT2D eigenvalue weighted by atomic mass is 32.2. The van der Waals surface area contributed by atoms with Crippen LogP contribution in [0.25, 0.3) is 12.2 Å². The maximum atomic E-state index is 11.8. The molecule has 0 saturated carbocycles. The van der Waals surface area contributed by atoms with Gasteiger partial charge >= 0.3 is 0 Å². The van der Waals surface area contributed by atoms with Crippen molar-refractivity contribution in [2.45, 2.75) is 16.7 Å². The van der Waals surface area contributed by atoms with Crippen LogP contribution in [-0.4, -0.2) is 8.42 Å². The van der Waals surface area contributed by atoms with Gasteiger partial charge in [-0.05, 0) is 31.2 Å². The lowest BCUT2D eigenvalue weighted by atomic mass is 10.1. The van der Waals surface area contributed by atoms with Crippen LogP contribution in [0.15, 0.2) is 32.2 Å². The van der Waals surface area contributed by atoms with E-state index in [2.05, 4.69) is 0 Å². The fourth-order valence-electron chi connectivity index (χ4n) is 1.89. The van der Waals surface area contributed by atoms with E-state index in [4.69, 9.17) is 0 Å². The molecule has 2 atom stereocenters. The molecule has 0 amide bonds. The minimum absolute atomic E-state index is 0.830. The first-order chi connectivity index (χ1) is 7.18. The van der Waals surface area contributed by atoms with Crippen molar-refractivity contribution >= 4 is 33.8 Å². The fraction of sp³-hybridized carbons (Fsp3) is 0.0909. The summed E-state index contributed by atoms with van der Waals surface area (Å²) in [6, 6.07) is 3.64. The standard InChI is InChI=1S/C11H8O2S2/c1-7-6-9-8-4-5-14(12)10(8)2-3-11(9)15(7)13/h2-6H,1H3. The third-order valence-electron chi connectivity index (χ3n) is 2.62. The summed E-state index contributed by atoms with van der Waals surface area (Å²) in [6.45, 7) is 1.86. The molecular formula is C11H8O2S2. The predicted molar refractivity (Wildman–Crippen MR) is 61.9 cm³/mol. The molecule has 76 valence electrons. The maximum Gasteiger partial charge on any atom is 0.0812 e. The highest BCUT2D eigenvalue weighted by molar-refractivity contribution is 7.89. The Balaban J connectivity index is 2.36. The van der Waals surface area contributed by atoms with Crippen molar-refractivity contribution in [1.29, 1.82) is 0 Å². The van der Waals surface area contributed by atoms with Crippen LogP contribution in [0.4, 0.5) is 0 Å². The van der Waals surface area contributed by atoms with E-state index < -0.39 is 21.6 Å². The molecular weight excluding hydrogens is 228 g/mol. The molecule has 3 rings (SSSR count). The SMILES string of the molecule is CC1=Cc2c(ccc3c2C=CS3=O)S1=O. The van der Waals surface area contributed by atoms with Gasteiger partial charge in [-0.25, -0.2) is 8.42 Å². The topological polar surface area (TPSA) is 34.1 Å². The van der Waals surface area contributed by atoms with E-state index in [1.54, 1.807) is 5.41 Å². The Morgan fingerprint density at radius 1 is 1.07 bits per heavy atom. The van der Waals surface area contributed by atoms with E-state index >= 15 is 0 Å². The molecule has 0 fully saturated rings. The maximum absolute atomic E-state index is 11.8. The third kappa shape index (κ3) is 1.15. The van der Waals surface area contributed by atoms with E-state index in [0.29, 0.717) is 0 Å². The summed E-state index contributed by atoms with van der Waals surface area (Å²) < 4.78 is 23.4. The molecule has 0 aliphatic carbocycles. The summed E-state index contributed by atoms with van der Waals surface area (Å²) in [5.41, 5.74) is 1.95. The van der Waals surface area contributed by atoms with Gasteiger partial charge in [0.05, 0.1) is 31.4 Å². The summed E-state index contributed by atoms with van der Waals surface area (Å²) in [5, 5.41) is 1.68. The molecule has 2 unspecified atom stereocenters. The van der Waals surface area contributed by atoms with Crippen molar-refractivity contribution in [3.63, 3.8) is 0 Å². The van der Waals surface area contributed by atoms with E-state index in [-0.39, 0.29) is 0 Å². The van der Waals surface area contributed by atoms with Gasteiger partial charge in [0, 0.05) is 21.4 Å². The second kappa shape index (κ2) is 3.00. The smallest absolute Gasteiger partial charge is 0.0812 e. The molecule has 1 aromatic carbocycles. The number of hydrogen-bond acceptors (Lipinski definition) is 2. The number of hydrogen-bond donors (Lipinski definition) is 0. The van der Waals surface area contributed by atoms with Gasteiger partial charge < -0.3 is 0 Å². The lowest BCUT2D eigenvalue weighted by molar-refractivity contribution is 0.686. The first-order valence-electron chi connectivity index (χ1n) is 4.54. The van der Waals surface area contributed by atoms with Crippen LogP contribution in [0.2, 0.25) is 0 Å². The van der Waals surface area contributed by atoms with Gasteiger partial charge in [-0.1, -0.05) is 0 Å². The Labute approximate surface area is 92.6 Å². The van der Waals surface area contributed by atoms with Gasteiger partial charge in [0.1, 0.15) is 0 Å². The van der Waals surface area contributed by atoms with E-state index in [9.17, 15) is 8.42 Å². The Morgan fingerprint density at radius 2 is 1.80 bits per heavy atom. The molecule has 0 N–H and O–H groups in total. The van der Waals surface area contributed by atoms with Gasteiger partial charge in [0.25, 0.3) is 0 Å². The largest absolute Gasteiger partial charge is 0.250 e. The van der Waals surface area contributed by atoms with Crippen molar-refractivity contribution in [1.82, 2.24) is 0 Å². The average molecular weight is 236 g/mol. The second-order valence-electron chi connectivity index (χ2n) is 3.51. The second-order valence-corrected chi connectivity index (χ2v) is 6.44. The first-order valence-corrected chi connectivity index (χ1v) is 6.90.